The maximum atomic E-state index is 12.1. The van der Waals surface area contributed by atoms with Crippen molar-refractivity contribution < 1.29 is 18.0 Å². The monoisotopic (exact) mass is 289 g/mol. The van der Waals surface area contributed by atoms with Gasteiger partial charge < -0.3 is 0 Å². The normalized spacial score (nSPS) is 10.2. The summed E-state index contributed by atoms with van der Waals surface area (Å²) >= 11 is 0. The van der Waals surface area contributed by atoms with Crippen LogP contribution in [0.1, 0.15) is 25.0 Å². The average molecular weight is 289 g/mol. The van der Waals surface area contributed by atoms with Crippen LogP contribution in [0.25, 0.3) is 0 Å². The van der Waals surface area contributed by atoms with E-state index in [2.05, 4.69) is 0 Å². The van der Waals surface area contributed by atoms with Gasteiger partial charge in [-0.15, -0.1) is 0 Å². The summed E-state index contributed by atoms with van der Waals surface area (Å²) in [4.78, 5) is 10.8. The van der Waals surface area contributed by atoms with Gasteiger partial charge in [0.25, 0.3) is 0 Å². The molecule has 0 radical (unpaired) electrons. The molecule has 0 heterocycles. The molecule has 1 rings (SSSR count). The van der Waals surface area contributed by atoms with Crippen LogP contribution in [0.15, 0.2) is 18.2 Å². The summed E-state index contributed by atoms with van der Waals surface area (Å²) in [5.74, 6) is -2.12. The highest BCUT2D eigenvalue weighted by Crippen LogP contribution is 2.20. The number of amides is 1. The van der Waals surface area contributed by atoms with E-state index in [4.69, 9.17) is 5.41 Å². The number of alkyl halides is 3. The molecule has 1 aromatic rings. The molecule has 112 valence electrons. The van der Waals surface area contributed by atoms with Gasteiger partial charge in [-0.3, -0.25) is 15.6 Å². The number of hydrazine groups is 1. The molecule has 7 heteroatoms. The van der Waals surface area contributed by atoms with Gasteiger partial charge in [-0.1, -0.05) is 31.5 Å². The first-order valence-corrected chi connectivity index (χ1v) is 6.00. The van der Waals surface area contributed by atoms with Gasteiger partial charge in [0.05, 0.1) is 5.69 Å². The molecule has 1 amide bonds. The smallest absolute Gasteiger partial charge is 0.290 e. The summed E-state index contributed by atoms with van der Waals surface area (Å²) in [7, 11) is 0. The van der Waals surface area contributed by atoms with Crippen molar-refractivity contribution in [2.45, 2.75) is 33.9 Å². The SMILES string of the molecule is CC.Cc1ccc(N(C=N)NC(=O)C(F)(F)F)c(C)c1. The van der Waals surface area contributed by atoms with Crippen molar-refractivity contribution >= 4 is 17.9 Å². The number of hydrogen-bond acceptors (Lipinski definition) is 2. The molecule has 2 N–H and O–H groups in total. The first-order valence-electron chi connectivity index (χ1n) is 6.00. The van der Waals surface area contributed by atoms with Crippen LogP contribution in [0, 0.1) is 19.3 Å². The van der Waals surface area contributed by atoms with Crippen molar-refractivity contribution in [3.05, 3.63) is 29.3 Å². The summed E-state index contributed by atoms with van der Waals surface area (Å²) in [6, 6.07) is 4.95. The maximum Gasteiger partial charge on any atom is 0.472 e. The Labute approximate surface area is 116 Å². The van der Waals surface area contributed by atoms with E-state index >= 15 is 0 Å². The number of halogens is 3. The van der Waals surface area contributed by atoms with Crippen LogP contribution in [0.3, 0.4) is 0 Å². The molecule has 0 spiro atoms. The highest BCUT2D eigenvalue weighted by atomic mass is 19.4. The van der Waals surface area contributed by atoms with Gasteiger partial charge in [0.1, 0.15) is 6.34 Å². The topological polar surface area (TPSA) is 56.2 Å². The van der Waals surface area contributed by atoms with Crippen LogP contribution in [0.4, 0.5) is 18.9 Å². The quantitative estimate of drug-likeness (QED) is 0.509. The Hall–Kier alpha value is -2.05. The van der Waals surface area contributed by atoms with Crippen LogP contribution < -0.4 is 10.4 Å². The molecule has 0 aliphatic heterocycles. The van der Waals surface area contributed by atoms with Gasteiger partial charge in [-0.25, -0.2) is 5.01 Å². The van der Waals surface area contributed by atoms with Gasteiger partial charge in [0.2, 0.25) is 0 Å². The Bertz CT molecular complexity index is 472. The Morgan fingerprint density at radius 2 is 1.85 bits per heavy atom. The second kappa shape index (κ2) is 7.52. The summed E-state index contributed by atoms with van der Waals surface area (Å²) in [6.07, 6.45) is -4.37. The number of carbonyl (C=O) groups is 1. The predicted octanol–water partition coefficient (Wildman–Crippen LogP) is 3.34. The maximum absolute atomic E-state index is 12.1. The molecule has 0 saturated carbocycles. The van der Waals surface area contributed by atoms with E-state index in [1.165, 1.54) is 6.07 Å². The lowest BCUT2D eigenvalue weighted by Gasteiger charge is -2.22. The molecule has 0 saturated heterocycles. The van der Waals surface area contributed by atoms with E-state index in [0.29, 0.717) is 17.6 Å². The second-order valence-electron chi connectivity index (χ2n) is 3.73. The minimum Gasteiger partial charge on any atom is -0.290 e. The lowest BCUT2D eigenvalue weighted by molar-refractivity contribution is -0.173. The van der Waals surface area contributed by atoms with Crippen LogP contribution in [0.2, 0.25) is 0 Å². The lowest BCUT2D eigenvalue weighted by Crippen LogP contribution is -2.47. The summed E-state index contributed by atoms with van der Waals surface area (Å²) in [6.45, 7) is 7.51. The van der Waals surface area contributed by atoms with E-state index in [9.17, 15) is 18.0 Å². The number of anilines is 1. The second-order valence-corrected chi connectivity index (χ2v) is 3.73. The molecule has 0 fully saturated rings. The number of rotatable bonds is 3. The molecule has 4 nitrogen and oxygen atoms in total. The highest BCUT2D eigenvalue weighted by Gasteiger charge is 2.39. The molecular weight excluding hydrogens is 271 g/mol. The van der Waals surface area contributed by atoms with Gasteiger partial charge in [0, 0.05) is 0 Å². The fourth-order valence-corrected chi connectivity index (χ4v) is 1.41. The Morgan fingerprint density at radius 1 is 1.30 bits per heavy atom. The van der Waals surface area contributed by atoms with Crippen LogP contribution in [0.5, 0.6) is 0 Å². The van der Waals surface area contributed by atoms with Gasteiger partial charge in [-0.05, 0) is 25.5 Å². The molecule has 0 aliphatic rings. The Balaban J connectivity index is 0.00000172. The fourth-order valence-electron chi connectivity index (χ4n) is 1.41. The van der Waals surface area contributed by atoms with Crippen LogP contribution >= 0.6 is 0 Å². The Morgan fingerprint density at radius 3 is 2.25 bits per heavy atom. The minimum absolute atomic E-state index is 0.313. The van der Waals surface area contributed by atoms with Crippen molar-refractivity contribution in [1.82, 2.24) is 5.43 Å². The number of carbonyl (C=O) groups excluding carboxylic acids is 1. The third kappa shape index (κ3) is 4.91. The standard InChI is InChI=1S/C11H12F3N3O.C2H6/c1-7-3-4-9(8(2)5-7)17(6-15)16-10(18)11(12,13)14;1-2/h3-6,15H,1-2H3,(H,16,18);1-2H3. The van der Waals surface area contributed by atoms with Gasteiger partial charge >= 0.3 is 12.1 Å². The number of benzene rings is 1. The largest absolute Gasteiger partial charge is 0.472 e. The van der Waals surface area contributed by atoms with E-state index < -0.39 is 12.1 Å². The van der Waals surface area contributed by atoms with Gasteiger partial charge in [0.15, 0.2) is 0 Å². The number of nitrogens with one attached hydrogen (secondary N) is 2. The lowest BCUT2D eigenvalue weighted by atomic mass is 10.1. The predicted molar refractivity (Wildman–Crippen MR) is 72.7 cm³/mol. The number of hydrogen-bond donors (Lipinski definition) is 2. The van der Waals surface area contributed by atoms with Crippen molar-refractivity contribution in [2.24, 2.45) is 0 Å². The molecule has 0 unspecified atom stereocenters. The third-order valence-corrected chi connectivity index (χ3v) is 2.22. The average Bonchev–Trinajstić information content (AvgIpc) is 2.37. The molecule has 20 heavy (non-hydrogen) atoms. The number of nitrogens with zero attached hydrogens (tertiary/aromatic N) is 1. The summed E-state index contributed by atoms with van der Waals surface area (Å²) in [5, 5.41) is 7.79. The van der Waals surface area contributed by atoms with Crippen LogP contribution in [-0.4, -0.2) is 18.4 Å². The molecule has 0 atom stereocenters. The molecule has 1 aromatic carbocycles. The van der Waals surface area contributed by atoms with Crippen molar-refractivity contribution in [3.8, 4) is 0 Å². The van der Waals surface area contributed by atoms with Crippen LogP contribution in [-0.2, 0) is 4.79 Å². The molecule has 0 bridgehead atoms. The zero-order valence-corrected chi connectivity index (χ0v) is 11.8. The number of aryl methyl sites for hydroxylation is 2. The molecule has 0 aromatic heterocycles. The first kappa shape index (κ1) is 17.9. The zero-order chi connectivity index (χ0) is 15.9. The van der Waals surface area contributed by atoms with E-state index in [1.54, 1.807) is 24.5 Å². The van der Waals surface area contributed by atoms with E-state index in [0.717, 1.165) is 10.6 Å². The van der Waals surface area contributed by atoms with E-state index in [-0.39, 0.29) is 0 Å². The Kier molecular flexibility index (Phi) is 6.75. The minimum atomic E-state index is -4.99. The summed E-state index contributed by atoms with van der Waals surface area (Å²) in [5.41, 5.74) is 3.51. The van der Waals surface area contributed by atoms with Crippen molar-refractivity contribution in [2.75, 3.05) is 5.01 Å². The fraction of sp³-hybridized carbons (Fsp3) is 0.385. The van der Waals surface area contributed by atoms with Gasteiger partial charge in [-0.2, -0.15) is 13.2 Å². The van der Waals surface area contributed by atoms with Crippen molar-refractivity contribution in [3.63, 3.8) is 0 Å². The van der Waals surface area contributed by atoms with Crippen molar-refractivity contribution in [1.29, 1.82) is 5.41 Å². The molecular formula is C13H18F3N3O. The highest BCUT2D eigenvalue weighted by molar-refractivity contribution is 5.89. The summed E-state index contributed by atoms with van der Waals surface area (Å²) < 4.78 is 36.3. The zero-order valence-electron chi connectivity index (χ0n) is 11.8. The van der Waals surface area contributed by atoms with E-state index in [1.807, 2.05) is 20.8 Å². The first-order chi connectivity index (χ1) is 9.25. The third-order valence-electron chi connectivity index (χ3n) is 2.22. The molecule has 0 aliphatic carbocycles.